The molecular weight excluding hydrogens is 454 g/mol. The normalized spacial score (nSPS) is 23.1. The number of nitrogens with zero attached hydrogens (tertiary/aromatic N) is 2. The van der Waals surface area contributed by atoms with Crippen molar-refractivity contribution in [2.24, 2.45) is 0 Å². The molecule has 192 valence electrons. The molecule has 2 aliphatic heterocycles. The Morgan fingerprint density at radius 2 is 1.77 bits per heavy atom. The van der Waals surface area contributed by atoms with Crippen molar-refractivity contribution in [1.82, 2.24) is 15.1 Å². The third-order valence-corrected chi connectivity index (χ3v) is 6.04. The molecule has 2 heterocycles. The van der Waals surface area contributed by atoms with Crippen molar-refractivity contribution in [3.8, 4) is 0 Å². The van der Waals surface area contributed by atoms with E-state index in [4.69, 9.17) is 9.47 Å². The third kappa shape index (κ3) is 6.72. The van der Waals surface area contributed by atoms with E-state index in [1.54, 1.807) is 20.8 Å². The molecule has 35 heavy (non-hydrogen) atoms. The molecule has 2 fully saturated rings. The molecule has 3 rings (SSSR count). The van der Waals surface area contributed by atoms with E-state index in [1.807, 2.05) is 30.3 Å². The van der Waals surface area contributed by atoms with Crippen molar-refractivity contribution < 1.29 is 33.8 Å². The number of alkyl carbamates (subject to hydrolysis) is 1. The average molecular weight is 490 g/mol. The first-order chi connectivity index (χ1) is 16.5. The zero-order chi connectivity index (χ0) is 25.8. The van der Waals surface area contributed by atoms with Crippen LogP contribution >= 0.6 is 0 Å². The summed E-state index contributed by atoms with van der Waals surface area (Å²) in [4.78, 5) is 54.1. The molecule has 0 spiro atoms. The lowest BCUT2D eigenvalue weighted by Crippen LogP contribution is -2.57. The summed E-state index contributed by atoms with van der Waals surface area (Å²) in [7, 11) is 0. The number of nitrogens with one attached hydrogen (secondary N) is 1. The molecule has 1 aromatic carbocycles. The largest absolute Gasteiger partial charge is 0.459 e. The fraction of sp³-hybridized carbons (Fsp3) is 0.600. The maximum absolute atomic E-state index is 13.4. The van der Waals surface area contributed by atoms with Crippen LogP contribution in [-0.4, -0.2) is 81.7 Å². The van der Waals surface area contributed by atoms with Gasteiger partial charge in [0.2, 0.25) is 11.8 Å². The van der Waals surface area contributed by atoms with E-state index in [0.717, 1.165) is 5.56 Å². The molecule has 0 bridgehead atoms. The molecular formula is C25H35N3O7. The number of ether oxygens (including phenoxy) is 2. The van der Waals surface area contributed by atoms with Gasteiger partial charge in [0.1, 0.15) is 30.3 Å². The lowest BCUT2D eigenvalue weighted by molar-refractivity contribution is -0.158. The van der Waals surface area contributed by atoms with Crippen LogP contribution in [-0.2, 0) is 30.5 Å². The van der Waals surface area contributed by atoms with Gasteiger partial charge in [-0.15, -0.1) is 0 Å². The number of likely N-dealkylation sites (tertiary alicyclic amines) is 2. The summed E-state index contributed by atoms with van der Waals surface area (Å²) in [5.74, 6) is -1.51. The maximum atomic E-state index is 13.4. The Kier molecular flexibility index (Phi) is 8.37. The number of hydrogen-bond acceptors (Lipinski definition) is 7. The van der Waals surface area contributed by atoms with Gasteiger partial charge in [0, 0.05) is 13.1 Å². The first-order valence-electron chi connectivity index (χ1n) is 12.0. The molecule has 0 radical (unpaired) electrons. The molecule has 0 aliphatic carbocycles. The number of amides is 3. The topological polar surface area (TPSA) is 125 Å². The van der Waals surface area contributed by atoms with Crippen LogP contribution in [0.1, 0.15) is 52.5 Å². The highest BCUT2D eigenvalue weighted by Gasteiger charge is 2.47. The fourth-order valence-corrected chi connectivity index (χ4v) is 4.39. The van der Waals surface area contributed by atoms with Crippen molar-refractivity contribution in [1.29, 1.82) is 0 Å². The minimum Gasteiger partial charge on any atom is -0.459 e. The van der Waals surface area contributed by atoms with E-state index in [2.05, 4.69) is 5.32 Å². The molecule has 4 atom stereocenters. The molecule has 0 unspecified atom stereocenters. The minimum atomic E-state index is -1.13. The van der Waals surface area contributed by atoms with Crippen LogP contribution in [0.4, 0.5) is 4.79 Å². The number of carbonyl (C=O) groups is 4. The highest BCUT2D eigenvalue weighted by Crippen LogP contribution is 2.26. The van der Waals surface area contributed by atoms with Gasteiger partial charge >= 0.3 is 12.1 Å². The molecule has 2 N–H and O–H groups in total. The highest BCUT2D eigenvalue weighted by atomic mass is 16.6. The second-order valence-corrected chi connectivity index (χ2v) is 9.98. The maximum Gasteiger partial charge on any atom is 0.408 e. The minimum absolute atomic E-state index is 0.0999. The Morgan fingerprint density at radius 1 is 1.09 bits per heavy atom. The van der Waals surface area contributed by atoms with Crippen molar-refractivity contribution in [2.75, 3.05) is 13.1 Å². The predicted octanol–water partition coefficient (Wildman–Crippen LogP) is 1.60. The van der Waals surface area contributed by atoms with Crippen LogP contribution < -0.4 is 5.32 Å². The molecule has 10 nitrogen and oxygen atoms in total. The van der Waals surface area contributed by atoms with E-state index < -0.39 is 53.7 Å². The van der Waals surface area contributed by atoms with Crippen LogP contribution in [0.15, 0.2) is 30.3 Å². The smallest absolute Gasteiger partial charge is 0.408 e. The van der Waals surface area contributed by atoms with Gasteiger partial charge in [0.25, 0.3) is 0 Å². The van der Waals surface area contributed by atoms with Gasteiger partial charge in [-0.2, -0.15) is 0 Å². The first-order valence-corrected chi connectivity index (χ1v) is 12.0. The monoisotopic (exact) mass is 489 g/mol. The summed E-state index contributed by atoms with van der Waals surface area (Å²) in [6, 6.07) is 6.38. The van der Waals surface area contributed by atoms with Gasteiger partial charge in [0.15, 0.2) is 0 Å². The van der Waals surface area contributed by atoms with E-state index in [0.29, 0.717) is 19.4 Å². The van der Waals surface area contributed by atoms with Crippen LogP contribution in [0, 0.1) is 0 Å². The van der Waals surface area contributed by atoms with Crippen LogP contribution in [0.5, 0.6) is 0 Å². The number of benzene rings is 1. The van der Waals surface area contributed by atoms with Gasteiger partial charge in [-0.3, -0.25) is 9.59 Å². The second kappa shape index (κ2) is 11.1. The van der Waals surface area contributed by atoms with Crippen molar-refractivity contribution >= 4 is 23.9 Å². The molecule has 1 aromatic rings. The summed E-state index contributed by atoms with van der Waals surface area (Å²) in [6.07, 6.45) is -0.529. The number of aliphatic hydroxyl groups is 1. The van der Waals surface area contributed by atoms with Crippen molar-refractivity contribution in [2.45, 2.75) is 83.4 Å². The van der Waals surface area contributed by atoms with E-state index in [9.17, 15) is 24.3 Å². The van der Waals surface area contributed by atoms with Gasteiger partial charge in [-0.25, -0.2) is 9.59 Å². The van der Waals surface area contributed by atoms with E-state index in [-0.39, 0.29) is 19.6 Å². The standard InChI is InChI=1S/C25H35N3O7/c1-16(26-24(33)35-25(2,3)4)21(30)28-14-12-19(29)20(28)22(31)27-13-8-11-18(27)23(32)34-15-17-9-6-5-7-10-17/h5-7,9-10,16,18-20,29H,8,11-15H2,1-4H3,(H,26,33)/t16-,18-,19-,20-/m0/s1. The lowest BCUT2D eigenvalue weighted by Gasteiger charge is -2.33. The third-order valence-electron chi connectivity index (χ3n) is 6.04. The highest BCUT2D eigenvalue weighted by molar-refractivity contribution is 5.94. The van der Waals surface area contributed by atoms with Gasteiger partial charge in [0.05, 0.1) is 6.10 Å². The zero-order valence-electron chi connectivity index (χ0n) is 20.7. The summed E-state index contributed by atoms with van der Waals surface area (Å²) in [5, 5.41) is 13.0. The number of aliphatic hydroxyl groups excluding tert-OH is 1. The van der Waals surface area contributed by atoms with Crippen molar-refractivity contribution in [3.05, 3.63) is 35.9 Å². The fourth-order valence-electron chi connectivity index (χ4n) is 4.39. The molecule has 2 aliphatic rings. The Morgan fingerprint density at radius 3 is 2.43 bits per heavy atom. The second-order valence-electron chi connectivity index (χ2n) is 9.98. The zero-order valence-corrected chi connectivity index (χ0v) is 20.7. The Bertz CT molecular complexity index is 931. The molecule has 0 saturated carbocycles. The van der Waals surface area contributed by atoms with Gasteiger partial charge < -0.3 is 29.7 Å². The summed E-state index contributed by atoms with van der Waals surface area (Å²) in [5.41, 5.74) is 0.112. The van der Waals surface area contributed by atoms with Crippen LogP contribution in [0.25, 0.3) is 0 Å². The number of hydrogen-bond donors (Lipinski definition) is 2. The van der Waals surface area contributed by atoms with E-state index in [1.165, 1.54) is 16.7 Å². The molecule has 10 heteroatoms. The SMILES string of the molecule is C[C@H](NC(=O)OC(C)(C)C)C(=O)N1CC[C@H](O)[C@H]1C(=O)N1CCC[C@H]1C(=O)OCc1ccccc1. The Balaban J connectivity index is 1.65. The lowest BCUT2D eigenvalue weighted by atomic mass is 10.1. The van der Waals surface area contributed by atoms with Gasteiger partial charge in [-0.05, 0) is 52.5 Å². The number of carbonyl (C=O) groups excluding carboxylic acids is 4. The molecule has 2 saturated heterocycles. The number of esters is 1. The number of rotatable bonds is 6. The summed E-state index contributed by atoms with van der Waals surface area (Å²) in [6.45, 7) is 7.22. The molecule has 0 aromatic heterocycles. The van der Waals surface area contributed by atoms with Gasteiger partial charge in [-0.1, -0.05) is 30.3 Å². The van der Waals surface area contributed by atoms with Crippen LogP contribution in [0.3, 0.4) is 0 Å². The average Bonchev–Trinajstić information content (AvgIpc) is 3.43. The summed E-state index contributed by atoms with van der Waals surface area (Å²) < 4.78 is 10.6. The quantitative estimate of drug-likeness (QED) is 0.582. The predicted molar refractivity (Wildman–Crippen MR) is 126 cm³/mol. The Labute approximate surface area is 205 Å². The summed E-state index contributed by atoms with van der Waals surface area (Å²) >= 11 is 0. The van der Waals surface area contributed by atoms with E-state index >= 15 is 0 Å². The molecule has 3 amide bonds. The van der Waals surface area contributed by atoms with Crippen LogP contribution in [0.2, 0.25) is 0 Å². The first kappa shape index (κ1) is 26.5. The van der Waals surface area contributed by atoms with Crippen molar-refractivity contribution in [3.63, 3.8) is 0 Å². The Hall–Kier alpha value is -3.14.